The Morgan fingerprint density at radius 1 is 1.24 bits per heavy atom. The lowest BCUT2D eigenvalue weighted by molar-refractivity contribution is 0.0248. The Hall–Kier alpha value is -0.870. The molecule has 0 amide bonds. The molecule has 1 rings (SSSR count). The molecule has 17 heavy (non-hydrogen) atoms. The first-order chi connectivity index (χ1) is 7.77. The van der Waals surface area contributed by atoms with Crippen LogP contribution in [0.1, 0.15) is 27.2 Å². The summed E-state index contributed by atoms with van der Waals surface area (Å²) in [5.41, 5.74) is -0.976. The molecule has 0 unspecified atom stereocenters. The Bertz CT molecular complexity index is 443. The minimum Gasteiger partial charge on any atom is -0.390 e. The Balaban J connectivity index is 2.95. The van der Waals surface area contributed by atoms with Crippen LogP contribution in [-0.4, -0.2) is 24.9 Å². The molecule has 1 aromatic carbocycles. The summed E-state index contributed by atoms with van der Waals surface area (Å²) in [5, 5.41) is 9.92. The van der Waals surface area contributed by atoms with E-state index < -0.39 is 15.4 Å². The smallest absolute Gasteiger partial charge is 0.178 e. The van der Waals surface area contributed by atoms with Crippen molar-refractivity contribution in [2.45, 2.75) is 37.7 Å². The van der Waals surface area contributed by atoms with Crippen LogP contribution >= 0.6 is 0 Å². The molecule has 1 atom stereocenters. The molecule has 0 fully saturated rings. The molecule has 96 valence electrons. The van der Waals surface area contributed by atoms with E-state index in [0.717, 1.165) is 0 Å². The van der Waals surface area contributed by atoms with Gasteiger partial charge in [0.05, 0.1) is 16.2 Å². The molecule has 0 aliphatic heterocycles. The van der Waals surface area contributed by atoms with Crippen molar-refractivity contribution in [2.24, 2.45) is 5.92 Å². The molecule has 1 aromatic rings. The van der Waals surface area contributed by atoms with Gasteiger partial charge in [-0.05, 0) is 32.4 Å². The zero-order chi connectivity index (χ0) is 13.1. The van der Waals surface area contributed by atoms with Crippen LogP contribution in [0.15, 0.2) is 35.2 Å². The van der Waals surface area contributed by atoms with Gasteiger partial charge in [0.2, 0.25) is 0 Å². The Morgan fingerprint density at radius 3 is 2.18 bits per heavy atom. The Morgan fingerprint density at radius 2 is 1.76 bits per heavy atom. The highest BCUT2D eigenvalue weighted by molar-refractivity contribution is 7.91. The van der Waals surface area contributed by atoms with Crippen molar-refractivity contribution >= 4 is 9.84 Å². The van der Waals surface area contributed by atoms with E-state index in [2.05, 4.69) is 0 Å². The molecule has 0 spiro atoms. The molecule has 0 aliphatic rings. The van der Waals surface area contributed by atoms with Gasteiger partial charge in [0.25, 0.3) is 0 Å². The second-order valence-electron chi connectivity index (χ2n) is 4.85. The maximum atomic E-state index is 12.1. The predicted octanol–water partition coefficient (Wildman–Crippen LogP) is 2.26. The molecule has 3 nitrogen and oxygen atoms in total. The summed E-state index contributed by atoms with van der Waals surface area (Å²) < 4.78 is 24.3. The van der Waals surface area contributed by atoms with Crippen molar-refractivity contribution in [1.29, 1.82) is 0 Å². The molecule has 0 heterocycles. The maximum Gasteiger partial charge on any atom is 0.178 e. The third-order valence-electron chi connectivity index (χ3n) is 3.01. The standard InChI is InChI=1S/C13H20O3S/c1-4-11(13(2,3)14)10-17(15,16)12-8-6-5-7-9-12/h5-9,11,14H,4,10H2,1-3H3/t11-/m0/s1. The number of sulfone groups is 1. The minimum absolute atomic E-state index is 0.0169. The van der Waals surface area contributed by atoms with Gasteiger partial charge in [-0.25, -0.2) is 8.42 Å². The molecular weight excluding hydrogens is 236 g/mol. The van der Waals surface area contributed by atoms with E-state index in [1.165, 1.54) is 0 Å². The summed E-state index contributed by atoms with van der Waals surface area (Å²) >= 11 is 0. The molecule has 0 radical (unpaired) electrons. The van der Waals surface area contributed by atoms with Gasteiger partial charge in [0.15, 0.2) is 9.84 Å². The van der Waals surface area contributed by atoms with E-state index >= 15 is 0 Å². The summed E-state index contributed by atoms with van der Waals surface area (Å²) in [6.45, 7) is 5.20. The molecular formula is C13H20O3S. The van der Waals surface area contributed by atoms with Gasteiger partial charge >= 0.3 is 0 Å². The highest BCUT2D eigenvalue weighted by Gasteiger charge is 2.30. The molecule has 0 bridgehead atoms. The van der Waals surface area contributed by atoms with Gasteiger partial charge in [0.1, 0.15) is 0 Å². The number of hydrogen-bond acceptors (Lipinski definition) is 3. The van der Waals surface area contributed by atoms with Crippen LogP contribution in [0.5, 0.6) is 0 Å². The van der Waals surface area contributed by atoms with Gasteiger partial charge in [-0.1, -0.05) is 25.1 Å². The molecule has 1 N–H and O–H groups in total. The molecule has 4 heteroatoms. The molecule has 0 saturated heterocycles. The van der Waals surface area contributed by atoms with Gasteiger partial charge in [-0.2, -0.15) is 0 Å². The normalized spacial score (nSPS) is 14.6. The Labute approximate surface area is 103 Å². The number of benzene rings is 1. The van der Waals surface area contributed by atoms with Crippen molar-refractivity contribution in [1.82, 2.24) is 0 Å². The topological polar surface area (TPSA) is 54.4 Å². The van der Waals surface area contributed by atoms with Crippen LogP contribution in [0.4, 0.5) is 0 Å². The second-order valence-corrected chi connectivity index (χ2v) is 6.89. The minimum atomic E-state index is -3.31. The van der Waals surface area contributed by atoms with E-state index in [4.69, 9.17) is 0 Å². The van der Waals surface area contributed by atoms with Crippen molar-refractivity contribution in [3.8, 4) is 0 Å². The van der Waals surface area contributed by atoms with Gasteiger partial charge in [0, 0.05) is 5.92 Å². The number of rotatable bonds is 5. The highest BCUT2D eigenvalue weighted by Crippen LogP contribution is 2.24. The van der Waals surface area contributed by atoms with Crippen LogP contribution in [0, 0.1) is 5.92 Å². The van der Waals surface area contributed by atoms with Crippen LogP contribution in [0.25, 0.3) is 0 Å². The molecule has 0 aliphatic carbocycles. The molecule has 0 saturated carbocycles. The number of hydrogen-bond donors (Lipinski definition) is 1. The van der Waals surface area contributed by atoms with E-state index in [0.29, 0.717) is 11.3 Å². The SMILES string of the molecule is CC[C@@H](CS(=O)(=O)c1ccccc1)C(C)(C)O. The van der Waals surface area contributed by atoms with Crippen molar-refractivity contribution in [2.75, 3.05) is 5.75 Å². The van der Waals surface area contributed by atoms with E-state index in [9.17, 15) is 13.5 Å². The first-order valence-corrected chi connectivity index (χ1v) is 7.42. The summed E-state index contributed by atoms with van der Waals surface area (Å²) in [6, 6.07) is 8.38. The summed E-state index contributed by atoms with van der Waals surface area (Å²) in [4.78, 5) is 0.322. The zero-order valence-corrected chi connectivity index (χ0v) is 11.4. The van der Waals surface area contributed by atoms with Crippen LogP contribution < -0.4 is 0 Å². The zero-order valence-electron chi connectivity index (χ0n) is 10.6. The summed E-state index contributed by atoms with van der Waals surface area (Å²) in [6.07, 6.45) is 0.634. The third kappa shape index (κ3) is 3.82. The van der Waals surface area contributed by atoms with E-state index in [-0.39, 0.29) is 11.7 Å². The average molecular weight is 256 g/mol. The van der Waals surface area contributed by atoms with Crippen molar-refractivity contribution in [3.63, 3.8) is 0 Å². The fourth-order valence-electron chi connectivity index (χ4n) is 1.81. The van der Waals surface area contributed by atoms with Crippen molar-refractivity contribution in [3.05, 3.63) is 30.3 Å². The predicted molar refractivity (Wildman–Crippen MR) is 68.6 cm³/mol. The average Bonchev–Trinajstić information content (AvgIpc) is 2.25. The summed E-state index contributed by atoms with van der Waals surface area (Å²) in [5.74, 6) is -0.274. The van der Waals surface area contributed by atoms with Gasteiger partial charge in [-0.3, -0.25) is 0 Å². The maximum absolute atomic E-state index is 12.1. The highest BCUT2D eigenvalue weighted by atomic mass is 32.2. The number of aliphatic hydroxyl groups is 1. The van der Waals surface area contributed by atoms with Crippen molar-refractivity contribution < 1.29 is 13.5 Å². The molecule has 0 aromatic heterocycles. The summed E-state index contributed by atoms with van der Waals surface area (Å²) in [7, 11) is -3.31. The fraction of sp³-hybridized carbons (Fsp3) is 0.538. The van der Waals surface area contributed by atoms with Crippen LogP contribution in [0.2, 0.25) is 0 Å². The first-order valence-electron chi connectivity index (χ1n) is 5.77. The van der Waals surface area contributed by atoms with E-state index in [1.54, 1.807) is 44.2 Å². The van der Waals surface area contributed by atoms with Gasteiger partial charge in [-0.15, -0.1) is 0 Å². The largest absolute Gasteiger partial charge is 0.390 e. The lowest BCUT2D eigenvalue weighted by Crippen LogP contribution is -2.35. The Kier molecular flexibility index (Phi) is 4.33. The van der Waals surface area contributed by atoms with E-state index in [1.807, 2.05) is 6.92 Å². The van der Waals surface area contributed by atoms with Gasteiger partial charge < -0.3 is 5.11 Å². The fourth-order valence-corrected chi connectivity index (χ4v) is 3.75. The lowest BCUT2D eigenvalue weighted by atomic mass is 9.91. The second kappa shape index (κ2) is 5.19. The first kappa shape index (κ1) is 14.2. The van der Waals surface area contributed by atoms with Crippen LogP contribution in [-0.2, 0) is 9.84 Å². The monoisotopic (exact) mass is 256 g/mol. The lowest BCUT2D eigenvalue weighted by Gasteiger charge is -2.28. The van der Waals surface area contributed by atoms with Crippen LogP contribution in [0.3, 0.4) is 0 Å². The third-order valence-corrected chi connectivity index (χ3v) is 4.85. The quantitative estimate of drug-likeness (QED) is 0.879.